The van der Waals surface area contributed by atoms with Crippen molar-refractivity contribution in [3.05, 3.63) is 55.8 Å². The number of aromatic hydroxyl groups is 1. The molecule has 4 nitrogen and oxygen atoms in total. The lowest BCUT2D eigenvalue weighted by molar-refractivity contribution is -0.113. The SMILES string of the molecule is CCOc1cc(C=C2SC(=S)N(c3cccc(Br)c3)C2=O)c(Br)cc1O. The molecule has 26 heavy (non-hydrogen) atoms. The second kappa shape index (κ2) is 8.12. The third-order valence-electron chi connectivity index (χ3n) is 3.52. The lowest BCUT2D eigenvalue weighted by Gasteiger charge is -2.14. The van der Waals surface area contributed by atoms with E-state index in [-0.39, 0.29) is 11.7 Å². The highest BCUT2D eigenvalue weighted by Crippen LogP contribution is 2.39. The summed E-state index contributed by atoms with van der Waals surface area (Å²) in [6, 6.07) is 10.7. The van der Waals surface area contributed by atoms with Crippen molar-refractivity contribution in [1.29, 1.82) is 0 Å². The number of anilines is 1. The third-order valence-corrected chi connectivity index (χ3v) is 6.01. The van der Waals surface area contributed by atoms with Crippen LogP contribution < -0.4 is 9.64 Å². The van der Waals surface area contributed by atoms with Gasteiger partial charge in [-0.1, -0.05) is 61.9 Å². The Hall–Kier alpha value is -1.35. The molecule has 0 atom stereocenters. The zero-order valence-corrected chi connectivity index (χ0v) is 18.3. The molecule has 1 saturated heterocycles. The molecule has 3 rings (SSSR count). The molecule has 0 aliphatic carbocycles. The molecule has 8 heteroatoms. The fraction of sp³-hybridized carbons (Fsp3) is 0.111. The van der Waals surface area contributed by atoms with Crippen LogP contribution in [0.4, 0.5) is 5.69 Å². The van der Waals surface area contributed by atoms with Crippen molar-refractivity contribution in [3.8, 4) is 11.5 Å². The van der Waals surface area contributed by atoms with Gasteiger partial charge in [-0.3, -0.25) is 9.69 Å². The van der Waals surface area contributed by atoms with E-state index >= 15 is 0 Å². The number of amides is 1. The lowest BCUT2D eigenvalue weighted by Crippen LogP contribution is -2.27. The van der Waals surface area contributed by atoms with Crippen LogP contribution in [0.2, 0.25) is 0 Å². The van der Waals surface area contributed by atoms with E-state index in [4.69, 9.17) is 17.0 Å². The number of benzene rings is 2. The van der Waals surface area contributed by atoms with Crippen molar-refractivity contribution < 1.29 is 14.6 Å². The molecule has 0 aromatic heterocycles. The van der Waals surface area contributed by atoms with E-state index in [1.54, 1.807) is 18.2 Å². The molecule has 1 heterocycles. The van der Waals surface area contributed by atoms with Gasteiger partial charge in [0, 0.05) is 8.95 Å². The standard InChI is InChI=1S/C18H13Br2NO3S2/c1-2-24-15-6-10(13(20)9-14(15)22)7-16-17(23)21(18(25)26-16)12-5-3-4-11(19)8-12/h3-9,22H,2H2,1H3. The van der Waals surface area contributed by atoms with Crippen LogP contribution in [0, 0.1) is 0 Å². The lowest BCUT2D eigenvalue weighted by atomic mass is 10.2. The van der Waals surface area contributed by atoms with Gasteiger partial charge >= 0.3 is 0 Å². The summed E-state index contributed by atoms with van der Waals surface area (Å²) in [5, 5.41) is 9.94. The number of hydrogen-bond acceptors (Lipinski definition) is 5. The molecule has 1 N–H and O–H groups in total. The van der Waals surface area contributed by atoms with Gasteiger partial charge in [0.05, 0.1) is 17.2 Å². The zero-order valence-electron chi connectivity index (χ0n) is 13.5. The number of halogens is 2. The fourth-order valence-electron chi connectivity index (χ4n) is 2.39. The molecule has 134 valence electrons. The topological polar surface area (TPSA) is 49.8 Å². The van der Waals surface area contributed by atoms with E-state index in [1.807, 2.05) is 31.2 Å². The van der Waals surface area contributed by atoms with Gasteiger partial charge in [-0.05, 0) is 48.9 Å². The molecule has 0 bridgehead atoms. The fourth-order valence-corrected chi connectivity index (χ4v) is 4.51. The maximum atomic E-state index is 12.9. The van der Waals surface area contributed by atoms with Gasteiger partial charge in [0.25, 0.3) is 5.91 Å². The number of carbonyl (C=O) groups excluding carboxylic acids is 1. The quantitative estimate of drug-likeness (QED) is 0.417. The summed E-state index contributed by atoms with van der Waals surface area (Å²) in [5.41, 5.74) is 1.44. The summed E-state index contributed by atoms with van der Waals surface area (Å²) < 4.78 is 7.42. The van der Waals surface area contributed by atoms with E-state index in [9.17, 15) is 9.90 Å². The molecule has 1 amide bonds. The van der Waals surface area contributed by atoms with Gasteiger partial charge in [-0.25, -0.2) is 0 Å². The van der Waals surface area contributed by atoms with Gasteiger partial charge in [0.2, 0.25) is 0 Å². The first-order chi connectivity index (χ1) is 12.4. The van der Waals surface area contributed by atoms with Crippen molar-refractivity contribution in [2.45, 2.75) is 6.92 Å². The van der Waals surface area contributed by atoms with E-state index < -0.39 is 0 Å². The van der Waals surface area contributed by atoms with Crippen LogP contribution in [0.1, 0.15) is 12.5 Å². The van der Waals surface area contributed by atoms with Crippen LogP contribution in [-0.4, -0.2) is 21.9 Å². The van der Waals surface area contributed by atoms with Crippen molar-refractivity contribution in [1.82, 2.24) is 0 Å². The van der Waals surface area contributed by atoms with Crippen LogP contribution in [0.15, 0.2) is 50.2 Å². The highest BCUT2D eigenvalue weighted by molar-refractivity contribution is 9.10. The van der Waals surface area contributed by atoms with Crippen LogP contribution in [0.3, 0.4) is 0 Å². The predicted molar refractivity (Wildman–Crippen MR) is 117 cm³/mol. The number of phenolic OH excluding ortho intramolecular Hbond substituents is 1. The van der Waals surface area contributed by atoms with E-state index in [0.29, 0.717) is 31.7 Å². The van der Waals surface area contributed by atoms with Crippen molar-refractivity contribution >= 4 is 77.8 Å². The highest BCUT2D eigenvalue weighted by Gasteiger charge is 2.33. The number of phenols is 1. The minimum absolute atomic E-state index is 0.0394. The Morgan fingerprint density at radius 2 is 2.08 bits per heavy atom. The van der Waals surface area contributed by atoms with Gasteiger partial charge in [-0.15, -0.1) is 0 Å². The smallest absolute Gasteiger partial charge is 0.270 e. The van der Waals surface area contributed by atoms with Gasteiger partial charge in [0.15, 0.2) is 15.8 Å². The van der Waals surface area contributed by atoms with Crippen LogP contribution in [-0.2, 0) is 4.79 Å². The number of hydrogen-bond donors (Lipinski definition) is 1. The molecule has 1 aliphatic heterocycles. The second-order valence-electron chi connectivity index (χ2n) is 5.27. The zero-order chi connectivity index (χ0) is 18.8. The summed E-state index contributed by atoms with van der Waals surface area (Å²) in [7, 11) is 0. The molecular weight excluding hydrogens is 502 g/mol. The molecule has 0 unspecified atom stereocenters. The monoisotopic (exact) mass is 513 g/mol. The molecule has 0 saturated carbocycles. The van der Waals surface area contributed by atoms with E-state index in [0.717, 1.165) is 10.0 Å². The third kappa shape index (κ3) is 3.98. The molecule has 0 radical (unpaired) electrons. The second-order valence-corrected chi connectivity index (χ2v) is 8.72. The Labute approximate surface area is 177 Å². The Morgan fingerprint density at radius 3 is 2.77 bits per heavy atom. The van der Waals surface area contributed by atoms with Gasteiger partial charge in [0.1, 0.15) is 0 Å². The normalized spacial score (nSPS) is 15.8. The Balaban J connectivity index is 1.97. The summed E-state index contributed by atoms with van der Waals surface area (Å²) in [5.74, 6) is 0.220. The van der Waals surface area contributed by atoms with Crippen LogP contribution >= 0.6 is 55.8 Å². The maximum absolute atomic E-state index is 12.9. The molecule has 0 spiro atoms. The number of thioether (sulfide) groups is 1. The van der Waals surface area contributed by atoms with E-state index in [2.05, 4.69) is 31.9 Å². The maximum Gasteiger partial charge on any atom is 0.270 e. The molecule has 2 aromatic carbocycles. The average molecular weight is 515 g/mol. The van der Waals surface area contributed by atoms with Gasteiger partial charge in [-0.2, -0.15) is 0 Å². The van der Waals surface area contributed by atoms with Gasteiger partial charge < -0.3 is 9.84 Å². The summed E-state index contributed by atoms with van der Waals surface area (Å²) in [6.45, 7) is 2.27. The van der Waals surface area contributed by atoms with Crippen molar-refractivity contribution in [2.24, 2.45) is 0 Å². The molecular formula is C18H13Br2NO3S2. The first kappa shape index (κ1) is 19.4. The molecule has 2 aromatic rings. The minimum atomic E-state index is -0.184. The highest BCUT2D eigenvalue weighted by atomic mass is 79.9. The number of thiocarbonyl (C=S) groups is 1. The molecule has 1 aliphatic rings. The van der Waals surface area contributed by atoms with Crippen LogP contribution in [0.25, 0.3) is 6.08 Å². The Morgan fingerprint density at radius 1 is 1.31 bits per heavy atom. The number of rotatable bonds is 4. The predicted octanol–water partition coefficient (Wildman–Crippen LogP) is 5.72. The largest absolute Gasteiger partial charge is 0.504 e. The van der Waals surface area contributed by atoms with Crippen molar-refractivity contribution in [2.75, 3.05) is 11.5 Å². The first-order valence-electron chi connectivity index (χ1n) is 7.59. The van der Waals surface area contributed by atoms with E-state index in [1.165, 1.54) is 16.7 Å². The number of ether oxygens (including phenoxy) is 1. The summed E-state index contributed by atoms with van der Waals surface area (Å²) in [6.07, 6.45) is 1.74. The summed E-state index contributed by atoms with van der Waals surface area (Å²) in [4.78, 5) is 14.9. The Bertz CT molecular complexity index is 931. The summed E-state index contributed by atoms with van der Waals surface area (Å²) >= 11 is 13.5. The van der Waals surface area contributed by atoms with Crippen LogP contribution in [0.5, 0.6) is 11.5 Å². The number of carbonyl (C=O) groups is 1. The minimum Gasteiger partial charge on any atom is -0.504 e. The first-order valence-corrected chi connectivity index (χ1v) is 10.4. The average Bonchev–Trinajstić information content (AvgIpc) is 2.86. The number of nitrogens with zero attached hydrogens (tertiary/aromatic N) is 1. The Kier molecular flexibility index (Phi) is 6.06. The van der Waals surface area contributed by atoms with Crippen molar-refractivity contribution in [3.63, 3.8) is 0 Å². The molecule has 1 fully saturated rings.